The second kappa shape index (κ2) is 6.08. The van der Waals surface area contributed by atoms with E-state index in [2.05, 4.69) is 19.2 Å². The van der Waals surface area contributed by atoms with Gasteiger partial charge in [0.25, 0.3) is 0 Å². The maximum Gasteiger partial charge on any atom is 0.333 e. The zero-order valence-corrected chi connectivity index (χ0v) is 9.43. The van der Waals surface area contributed by atoms with Crippen LogP contribution in [0.3, 0.4) is 0 Å². The van der Waals surface area contributed by atoms with E-state index in [9.17, 15) is 4.79 Å². The molecule has 0 aromatic rings. The molecule has 0 rings (SSSR count). The van der Waals surface area contributed by atoms with Gasteiger partial charge in [0.15, 0.2) is 0 Å². The Labute approximate surface area is 85.8 Å². The van der Waals surface area contributed by atoms with Gasteiger partial charge >= 0.3 is 5.97 Å². The molecule has 0 aliphatic rings. The highest BCUT2D eigenvalue weighted by molar-refractivity contribution is 7.80. The van der Waals surface area contributed by atoms with E-state index in [4.69, 9.17) is 4.74 Å². The molecule has 0 heterocycles. The number of carbonyl (C=O) groups is 1. The Balaban J connectivity index is 3.68. The molecule has 0 amide bonds. The molecule has 0 aliphatic carbocycles. The topological polar surface area (TPSA) is 26.3 Å². The van der Waals surface area contributed by atoms with Crippen molar-refractivity contribution >= 4 is 18.6 Å². The highest BCUT2D eigenvalue weighted by Crippen LogP contribution is 2.09. The Bertz CT molecular complexity index is 187. The fraction of sp³-hybridized carbons (Fsp3) is 0.700. The van der Waals surface area contributed by atoms with E-state index >= 15 is 0 Å². The van der Waals surface area contributed by atoms with Gasteiger partial charge in [-0.2, -0.15) is 12.6 Å². The van der Waals surface area contributed by atoms with Crippen molar-refractivity contribution in [2.75, 3.05) is 0 Å². The first-order valence-electron chi connectivity index (χ1n) is 4.48. The normalized spacial score (nSPS) is 14.8. The minimum Gasteiger partial charge on any atom is -0.459 e. The highest BCUT2D eigenvalue weighted by atomic mass is 32.1. The molecule has 0 saturated carbocycles. The van der Waals surface area contributed by atoms with Gasteiger partial charge in [0.05, 0.1) is 6.10 Å². The highest BCUT2D eigenvalue weighted by Gasteiger charge is 2.10. The second-order valence-electron chi connectivity index (χ2n) is 3.42. The number of ether oxygens (including phenoxy) is 1. The Morgan fingerprint density at radius 3 is 2.38 bits per heavy atom. The summed E-state index contributed by atoms with van der Waals surface area (Å²) >= 11 is 4.25. The molecular weight excluding hydrogens is 184 g/mol. The summed E-state index contributed by atoms with van der Waals surface area (Å²) in [6.45, 7) is 9.07. The molecule has 0 aromatic carbocycles. The molecule has 2 atom stereocenters. The van der Waals surface area contributed by atoms with Crippen molar-refractivity contribution in [3.05, 3.63) is 12.2 Å². The number of thiol groups is 1. The summed E-state index contributed by atoms with van der Waals surface area (Å²) in [6, 6.07) is 0. The van der Waals surface area contributed by atoms with Crippen LogP contribution in [0, 0.1) is 0 Å². The van der Waals surface area contributed by atoms with Crippen LogP contribution in [0.25, 0.3) is 0 Å². The van der Waals surface area contributed by atoms with Crippen LogP contribution in [0.2, 0.25) is 0 Å². The molecule has 0 fully saturated rings. The van der Waals surface area contributed by atoms with Gasteiger partial charge in [0.1, 0.15) is 0 Å². The van der Waals surface area contributed by atoms with Crippen LogP contribution in [0.15, 0.2) is 12.2 Å². The van der Waals surface area contributed by atoms with Gasteiger partial charge in [0.2, 0.25) is 0 Å². The fourth-order valence-electron chi connectivity index (χ4n) is 0.818. The summed E-state index contributed by atoms with van der Waals surface area (Å²) in [5.41, 5.74) is 0.450. The Hall–Kier alpha value is -0.440. The first-order chi connectivity index (χ1) is 5.93. The number of carbonyl (C=O) groups excluding carboxylic acids is 1. The quantitative estimate of drug-likeness (QED) is 0.421. The summed E-state index contributed by atoms with van der Waals surface area (Å²) in [7, 11) is 0. The van der Waals surface area contributed by atoms with E-state index in [0.29, 0.717) is 10.8 Å². The molecular formula is C10H18O2S. The van der Waals surface area contributed by atoms with E-state index in [1.54, 1.807) is 6.92 Å². The zero-order chi connectivity index (χ0) is 10.4. The van der Waals surface area contributed by atoms with Crippen molar-refractivity contribution in [3.8, 4) is 0 Å². The van der Waals surface area contributed by atoms with Crippen molar-refractivity contribution in [1.29, 1.82) is 0 Å². The Morgan fingerprint density at radius 1 is 1.46 bits per heavy atom. The predicted octanol–water partition coefficient (Wildman–Crippen LogP) is 2.59. The lowest BCUT2D eigenvalue weighted by atomic mass is 10.2. The van der Waals surface area contributed by atoms with Gasteiger partial charge < -0.3 is 4.74 Å². The number of hydrogen-bond donors (Lipinski definition) is 1. The third kappa shape index (κ3) is 6.70. The number of hydrogen-bond acceptors (Lipinski definition) is 3. The van der Waals surface area contributed by atoms with Crippen molar-refractivity contribution in [1.82, 2.24) is 0 Å². The minimum absolute atomic E-state index is 0.0428. The lowest BCUT2D eigenvalue weighted by molar-refractivity contribution is -0.143. The average Bonchev–Trinajstić information content (AvgIpc) is 2.00. The van der Waals surface area contributed by atoms with Crippen molar-refractivity contribution in [3.63, 3.8) is 0 Å². The maximum absolute atomic E-state index is 11.1. The average molecular weight is 202 g/mol. The number of esters is 1. The van der Waals surface area contributed by atoms with Crippen molar-refractivity contribution in [2.24, 2.45) is 0 Å². The zero-order valence-electron chi connectivity index (χ0n) is 8.54. The SMILES string of the molecule is C=C(C)C(=O)OC(C)CCC(C)S. The van der Waals surface area contributed by atoms with Crippen LogP contribution in [-0.2, 0) is 9.53 Å². The fourth-order valence-corrected chi connectivity index (χ4v) is 0.967. The summed E-state index contributed by atoms with van der Waals surface area (Å²) in [4.78, 5) is 11.1. The predicted molar refractivity (Wildman–Crippen MR) is 58.1 cm³/mol. The second-order valence-corrected chi connectivity index (χ2v) is 4.30. The molecule has 2 nitrogen and oxygen atoms in total. The van der Waals surface area contributed by atoms with Gasteiger partial charge in [-0.15, -0.1) is 0 Å². The summed E-state index contributed by atoms with van der Waals surface area (Å²) in [5.74, 6) is -0.306. The summed E-state index contributed by atoms with van der Waals surface area (Å²) in [5, 5.41) is 0.353. The van der Waals surface area contributed by atoms with Crippen LogP contribution in [0.5, 0.6) is 0 Å². The van der Waals surface area contributed by atoms with Gasteiger partial charge in [0, 0.05) is 5.57 Å². The van der Waals surface area contributed by atoms with E-state index in [1.165, 1.54) is 0 Å². The largest absolute Gasteiger partial charge is 0.459 e. The van der Waals surface area contributed by atoms with E-state index in [1.807, 2.05) is 13.8 Å². The van der Waals surface area contributed by atoms with Crippen LogP contribution in [0.4, 0.5) is 0 Å². The molecule has 0 saturated heterocycles. The van der Waals surface area contributed by atoms with Crippen molar-refractivity contribution < 1.29 is 9.53 Å². The first-order valence-corrected chi connectivity index (χ1v) is 4.99. The lowest BCUT2D eigenvalue weighted by Gasteiger charge is -2.13. The molecule has 0 N–H and O–H groups in total. The molecule has 0 aromatic heterocycles. The van der Waals surface area contributed by atoms with Crippen LogP contribution in [0.1, 0.15) is 33.6 Å². The van der Waals surface area contributed by atoms with Gasteiger partial charge in [-0.05, 0) is 31.9 Å². The van der Waals surface area contributed by atoms with Crippen molar-refractivity contribution in [2.45, 2.75) is 45.0 Å². The summed E-state index contributed by atoms with van der Waals surface area (Å²) in [6.07, 6.45) is 1.76. The minimum atomic E-state index is -0.306. The molecule has 2 unspecified atom stereocenters. The molecule has 13 heavy (non-hydrogen) atoms. The standard InChI is InChI=1S/C10H18O2S/c1-7(2)10(11)12-8(3)5-6-9(4)13/h8-9,13H,1,5-6H2,2-4H3. The van der Waals surface area contributed by atoms with Gasteiger partial charge in [-0.25, -0.2) is 4.79 Å². The monoisotopic (exact) mass is 202 g/mol. The van der Waals surface area contributed by atoms with Crippen LogP contribution < -0.4 is 0 Å². The van der Waals surface area contributed by atoms with E-state index in [0.717, 1.165) is 12.8 Å². The molecule has 0 radical (unpaired) electrons. The van der Waals surface area contributed by atoms with Crippen LogP contribution in [-0.4, -0.2) is 17.3 Å². The summed E-state index contributed by atoms with van der Waals surface area (Å²) < 4.78 is 5.09. The third-order valence-electron chi connectivity index (χ3n) is 1.65. The molecule has 76 valence electrons. The molecule has 0 bridgehead atoms. The molecule has 3 heteroatoms. The molecule has 0 aliphatic heterocycles. The Kier molecular flexibility index (Phi) is 5.88. The van der Waals surface area contributed by atoms with Crippen LogP contribution >= 0.6 is 12.6 Å². The van der Waals surface area contributed by atoms with E-state index in [-0.39, 0.29) is 12.1 Å². The first kappa shape index (κ1) is 12.6. The Morgan fingerprint density at radius 2 is 2.00 bits per heavy atom. The van der Waals surface area contributed by atoms with Gasteiger partial charge in [-0.3, -0.25) is 0 Å². The third-order valence-corrected chi connectivity index (χ3v) is 1.91. The van der Waals surface area contributed by atoms with Gasteiger partial charge in [-0.1, -0.05) is 13.5 Å². The lowest BCUT2D eigenvalue weighted by Crippen LogP contribution is -2.16. The molecule has 0 spiro atoms. The maximum atomic E-state index is 11.1. The number of rotatable bonds is 5. The smallest absolute Gasteiger partial charge is 0.333 e. The van der Waals surface area contributed by atoms with E-state index < -0.39 is 0 Å².